The topological polar surface area (TPSA) is 55.1 Å². The van der Waals surface area contributed by atoms with Crippen molar-refractivity contribution in [2.45, 2.75) is 31.9 Å². The molecule has 3 nitrogen and oxygen atoms in total. The number of amides is 1. The van der Waals surface area contributed by atoms with Crippen LogP contribution in [0.4, 0.5) is 13.2 Å². The second-order valence-corrected chi connectivity index (χ2v) is 5.67. The van der Waals surface area contributed by atoms with E-state index in [1.54, 1.807) is 0 Å². The molecular formula is C15H19F3N2O. The van der Waals surface area contributed by atoms with E-state index < -0.39 is 17.6 Å². The van der Waals surface area contributed by atoms with Crippen LogP contribution in [0.1, 0.15) is 41.6 Å². The standard InChI is InChI=1S/C15H19F3N2O/c16-15(17,18)12-5-3-4-11(8-12)13(21)20-10-14(9-19)6-1-2-7-14/h3-5,8H,1-2,6-7,9-10,19H2,(H,20,21). The van der Waals surface area contributed by atoms with Crippen molar-refractivity contribution in [1.82, 2.24) is 5.32 Å². The fraction of sp³-hybridized carbons (Fsp3) is 0.533. The maximum absolute atomic E-state index is 12.6. The Kier molecular flexibility index (Phi) is 4.56. The summed E-state index contributed by atoms with van der Waals surface area (Å²) in [5, 5.41) is 2.73. The van der Waals surface area contributed by atoms with Crippen molar-refractivity contribution in [3.05, 3.63) is 35.4 Å². The summed E-state index contributed by atoms with van der Waals surface area (Å²) in [5.74, 6) is -0.485. The maximum atomic E-state index is 12.6. The van der Waals surface area contributed by atoms with E-state index in [9.17, 15) is 18.0 Å². The normalized spacial score (nSPS) is 17.7. The van der Waals surface area contributed by atoms with Gasteiger partial charge in [0.1, 0.15) is 0 Å². The molecule has 1 aliphatic rings. The van der Waals surface area contributed by atoms with Crippen LogP contribution in [0.2, 0.25) is 0 Å². The smallest absolute Gasteiger partial charge is 0.351 e. The summed E-state index contributed by atoms with van der Waals surface area (Å²) in [4.78, 5) is 12.0. The molecule has 6 heteroatoms. The number of nitrogens with one attached hydrogen (secondary N) is 1. The SMILES string of the molecule is NCC1(CNC(=O)c2cccc(C(F)(F)F)c2)CCCC1. The Morgan fingerprint density at radius 3 is 2.52 bits per heavy atom. The molecular weight excluding hydrogens is 281 g/mol. The fourth-order valence-corrected chi connectivity index (χ4v) is 2.78. The lowest BCUT2D eigenvalue weighted by atomic mass is 9.86. The predicted molar refractivity (Wildman–Crippen MR) is 73.7 cm³/mol. The molecule has 116 valence electrons. The zero-order valence-electron chi connectivity index (χ0n) is 11.7. The number of alkyl halides is 3. The van der Waals surface area contributed by atoms with Gasteiger partial charge in [0.05, 0.1) is 5.56 Å². The number of hydrogen-bond donors (Lipinski definition) is 2. The van der Waals surface area contributed by atoms with Crippen LogP contribution in [0.25, 0.3) is 0 Å². The molecule has 1 aromatic carbocycles. The van der Waals surface area contributed by atoms with Crippen LogP contribution in [0.3, 0.4) is 0 Å². The summed E-state index contributed by atoms with van der Waals surface area (Å²) in [6.07, 6.45) is -0.383. The number of halogens is 3. The van der Waals surface area contributed by atoms with E-state index in [0.29, 0.717) is 13.1 Å². The maximum Gasteiger partial charge on any atom is 0.416 e. The van der Waals surface area contributed by atoms with E-state index in [0.717, 1.165) is 37.8 Å². The average molecular weight is 300 g/mol. The van der Waals surface area contributed by atoms with Gasteiger partial charge in [0.25, 0.3) is 5.91 Å². The fourth-order valence-electron chi connectivity index (χ4n) is 2.78. The minimum atomic E-state index is -4.44. The molecule has 0 unspecified atom stereocenters. The Hall–Kier alpha value is -1.56. The van der Waals surface area contributed by atoms with Gasteiger partial charge in [-0.1, -0.05) is 18.9 Å². The highest BCUT2D eigenvalue weighted by Crippen LogP contribution is 2.36. The van der Waals surface area contributed by atoms with Gasteiger partial charge in [-0.2, -0.15) is 13.2 Å². The van der Waals surface area contributed by atoms with Gasteiger partial charge in [-0.15, -0.1) is 0 Å². The number of carbonyl (C=O) groups excluding carboxylic acids is 1. The third kappa shape index (κ3) is 3.75. The molecule has 2 rings (SSSR count). The summed E-state index contributed by atoms with van der Waals surface area (Å²) in [6, 6.07) is 4.45. The molecule has 0 heterocycles. The Balaban J connectivity index is 2.04. The van der Waals surface area contributed by atoms with Crippen molar-refractivity contribution in [2.24, 2.45) is 11.1 Å². The number of rotatable bonds is 4. The summed E-state index contributed by atoms with van der Waals surface area (Å²) < 4.78 is 37.9. The molecule has 1 amide bonds. The van der Waals surface area contributed by atoms with Crippen LogP contribution < -0.4 is 11.1 Å². The average Bonchev–Trinajstić information content (AvgIpc) is 2.93. The van der Waals surface area contributed by atoms with Crippen LogP contribution in [-0.2, 0) is 6.18 Å². The molecule has 21 heavy (non-hydrogen) atoms. The first-order valence-corrected chi connectivity index (χ1v) is 7.02. The monoisotopic (exact) mass is 300 g/mol. The highest BCUT2D eigenvalue weighted by molar-refractivity contribution is 5.94. The Labute approximate surface area is 121 Å². The number of nitrogens with two attached hydrogens (primary N) is 1. The van der Waals surface area contributed by atoms with E-state index in [4.69, 9.17) is 5.73 Å². The Morgan fingerprint density at radius 1 is 1.29 bits per heavy atom. The third-order valence-corrected chi connectivity index (χ3v) is 4.17. The summed E-state index contributed by atoms with van der Waals surface area (Å²) in [6.45, 7) is 0.897. The summed E-state index contributed by atoms with van der Waals surface area (Å²) in [7, 11) is 0. The van der Waals surface area contributed by atoms with Gasteiger partial charge in [-0.25, -0.2) is 0 Å². The molecule has 0 aliphatic heterocycles. The van der Waals surface area contributed by atoms with Crippen LogP contribution in [0.15, 0.2) is 24.3 Å². The predicted octanol–water partition coefficient (Wildman–Crippen LogP) is 2.95. The van der Waals surface area contributed by atoms with Gasteiger partial charge in [0.2, 0.25) is 0 Å². The first-order chi connectivity index (χ1) is 9.86. The molecule has 0 saturated heterocycles. The minimum absolute atomic E-state index is 0.0231. The summed E-state index contributed by atoms with van der Waals surface area (Å²) in [5.41, 5.74) is 4.88. The molecule has 1 saturated carbocycles. The molecule has 0 spiro atoms. The van der Waals surface area contributed by atoms with Gasteiger partial charge < -0.3 is 11.1 Å². The van der Waals surface area contributed by atoms with Gasteiger partial charge in [0, 0.05) is 12.1 Å². The van der Waals surface area contributed by atoms with E-state index in [2.05, 4.69) is 5.32 Å². The second-order valence-electron chi connectivity index (χ2n) is 5.67. The Morgan fingerprint density at radius 2 is 1.95 bits per heavy atom. The van der Waals surface area contributed by atoms with Gasteiger partial charge in [-0.05, 0) is 43.0 Å². The zero-order chi connectivity index (χ0) is 15.5. The lowest BCUT2D eigenvalue weighted by molar-refractivity contribution is -0.137. The third-order valence-electron chi connectivity index (χ3n) is 4.17. The minimum Gasteiger partial charge on any atom is -0.351 e. The van der Waals surface area contributed by atoms with E-state index in [-0.39, 0.29) is 11.0 Å². The van der Waals surface area contributed by atoms with Crippen molar-refractivity contribution in [1.29, 1.82) is 0 Å². The molecule has 0 atom stereocenters. The largest absolute Gasteiger partial charge is 0.416 e. The van der Waals surface area contributed by atoms with Crippen molar-refractivity contribution in [3.63, 3.8) is 0 Å². The van der Waals surface area contributed by atoms with E-state index >= 15 is 0 Å². The molecule has 3 N–H and O–H groups in total. The van der Waals surface area contributed by atoms with Gasteiger partial charge in [-0.3, -0.25) is 4.79 Å². The van der Waals surface area contributed by atoms with Crippen molar-refractivity contribution < 1.29 is 18.0 Å². The molecule has 0 aromatic heterocycles. The summed E-state index contributed by atoms with van der Waals surface area (Å²) >= 11 is 0. The van der Waals surface area contributed by atoms with Crippen LogP contribution in [0.5, 0.6) is 0 Å². The highest BCUT2D eigenvalue weighted by Gasteiger charge is 2.33. The number of carbonyl (C=O) groups is 1. The van der Waals surface area contributed by atoms with Crippen LogP contribution in [0, 0.1) is 5.41 Å². The lowest BCUT2D eigenvalue weighted by Gasteiger charge is -2.27. The van der Waals surface area contributed by atoms with Crippen LogP contribution in [-0.4, -0.2) is 19.0 Å². The van der Waals surface area contributed by atoms with Crippen LogP contribution >= 0.6 is 0 Å². The highest BCUT2D eigenvalue weighted by atomic mass is 19.4. The second kappa shape index (κ2) is 6.05. The molecule has 0 radical (unpaired) electrons. The van der Waals surface area contributed by atoms with Crippen molar-refractivity contribution in [3.8, 4) is 0 Å². The van der Waals surface area contributed by atoms with E-state index in [1.807, 2.05) is 0 Å². The van der Waals surface area contributed by atoms with Crippen molar-refractivity contribution >= 4 is 5.91 Å². The van der Waals surface area contributed by atoms with Gasteiger partial charge >= 0.3 is 6.18 Å². The molecule has 1 aliphatic carbocycles. The van der Waals surface area contributed by atoms with Crippen molar-refractivity contribution in [2.75, 3.05) is 13.1 Å². The molecule has 1 fully saturated rings. The van der Waals surface area contributed by atoms with Gasteiger partial charge in [0.15, 0.2) is 0 Å². The number of benzene rings is 1. The number of hydrogen-bond acceptors (Lipinski definition) is 2. The van der Waals surface area contributed by atoms with E-state index in [1.165, 1.54) is 12.1 Å². The first-order valence-electron chi connectivity index (χ1n) is 7.02. The first kappa shape index (κ1) is 15.8. The lowest BCUT2D eigenvalue weighted by Crippen LogP contribution is -2.40. The Bertz CT molecular complexity index is 508. The zero-order valence-corrected chi connectivity index (χ0v) is 11.7. The quantitative estimate of drug-likeness (QED) is 0.898. The molecule has 0 bridgehead atoms. The molecule has 1 aromatic rings.